The van der Waals surface area contributed by atoms with Gasteiger partial charge in [0.1, 0.15) is 11.6 Å². The van der Waals surface area contributed by atoms with Crippen molar-refractivity contribution >= 4 is 34.7 Å². The summed E-state index contributed by atoms with van der Waals surface area (Å²) >= 11 is 0.864. The smallest absolute Gasteiger partial charge is 0.298 e. The van der Waals surface area contributed by atoms with Gasteiger partial charge in [0.05, 0.1) is 17.2 Å². The van der Waals surface area contributed by atoms with Crippen molar-refractivity contribution in [2.75, 3.05) is 11.5 Å². The van der Waals surface area contributed by atoms with Gasteiger partial charge in [-0.05, 0) is 66.7 Å². The average molecular weight is 343 g/mol. The van der Waals surface area contributed by atoms with Crippen LogP contribution in [0.4, 0.5) is 14.9 Å². The normalized spacial score (nSPS) is 16.1. The maximum atomic E-state index is 12.9. The second-order valence-corrected chi connectivity index (χ2v) is 5.99. The van der Waals surface area contributed by atoms with E-state index in [4.69, 9.17) is 4.74 Å². The first-order chi connectivity index (χ1) is 11.6. The van der Waals surface area contributed by atoms with E-state index in [0.29, 0.717) is 28.5 Å². The third kappa shape index (κ3) is 3.33. The summed E-state index contributed by atoms with van der Waals surface area (Å²) in [6.45, 7) is 2.42. The fraction of sp³-hybridized carbons (Fsp3) is 0.111. The van der Waals surface area contributed by atoms with Gasteiger partial charge in [-0.3, -0.25) is 9.59 Å². The average Bonchev–Trinajstić information content (AvgIpc) is 2.85. The van der Waals surface area contributed by atoms with Crippen molar-refractivity contribution in [2.45, 2.75) is 6.92 Å². The number of carbonyl (C=O) groups excluding carboxylic acids is 2. The van der Waals surface area contributed by atoms with Crippen molar-refractivity contribution in [1.82, 2.24) is 0 Å². The summed E-state index contributed by atoms with van der Waals surface area (Å²) in [5.41, 5.74) is 1.15. The van der Waals surface area contributed by atoms with Crippen molar-refractivity contribution in [3.8, 4) is 5.75 Å². The molecule has 4 nitrogen and oxygen atoms in total. The van der Waals surface area contributed by atoms with Gasteiger partial charge in [-0.2, -0.15) is 0 Å². The Kier molecular flexibility index (Phi) is 4.66. The number of hydrogen-bond donors (Lipinski definition) is 0. The lowest BCUT2D eigenvalue weighted by Gasteiger charge is -2.13. The molecule has 0 unspecified atom stereocenters. The second-order valence-electron chi connectivity index (χ2n) is 5.00. The van der Waals surface area contributed by atoms with Crippen molar-refractivity contribution in [2.24, 2.45) is 0 Å². The largest absolute Gasteiger partial charge is 0.494 e. The first-order valence-corrected chi connectivity index (χ1v) is 8.16. The number of ether oxygens (including phenoxy) is 1. The highest BCUT2D eigenvalue weighted by molar-refractivity contribution is 8.19. The molecule has 0 bridgehead atoms. The number of thioether (sulfide) groups is 1. The van der Waals surface area contributed by atoms with Crippen LogP contribution in [0.3, 0.4) is 0 Å². The summed E-state index contributed by atoms with van der Waals surface area (Å²) in [5, 5.41) is -0.363. The predicted octanol–water partition coefficient (Wildman–Crippen LogP) is 4.47. The van der Waals surface area contributed by atoms with Crippen molar-refractivity contribution in [3.63, 3.8) is 0 Å². The van der Waals surface area contributed by atoms with Gasteiger partial charge in [-0.15, -0.1) is 0 Å². The first kappa shape index (κ1) is 16.3. The molecule has 1 saturated heterocycles. The highest BCUT2D eigenvalue weighted by Crippen LogP contribution is 2.36. The Bertz CT molecular complexity index is 800. The van der Waals surface area contributed by atoms with Gasteiger partial charge in [0.25, 0.3) is 11.1 Å². The van der Waals surface area contributed by atoms with Crippen LogP contribution in [0.1, 0.15) is 12.5 Å². The number of imide groups is 1. The molecule has 6 heteroatoms. The summed E-state index contributed by atoms with van der Waals surface area (Å²) in [5.74, 6) is -0.0665. The molecule has 1 aliphatic rings. The number of hydrogen-bond acceptors (Lipinski definition) is 4. The zero-order valence-corrected chi connectivity index (χ0v) is 13.7. The Balaban J connectivity index is 1.84. The number of amides is 2. The maximum Gasteiger partial charge on any atom is 0.298 e. The molecule has 122 valence electrons. The molecule has 24 heavy (non-hydrogen) atoms. The summed E-state index contributed by atoms with van der Waals surface area (Å²) in [7, 11) is 0. The number of halogens is 1. The minimum absolute atomic E-state index is 0.306. The Labute approximate surface area is 142 Å². The Morgan fingerprint density at radius 1 is 1.08 bits per heavy atom. The van der Waals surface area contributed by atoms with Crippen LogP contribution in [-0.2, 0) is 4.79 Å². The van der Waals surface area contributed by atoms with Gasteiger partial charge in [-0.25, -0.2) is 9.29 Å². The minimum Gasteiger partial charge on any atom is -0.494 e. The Hall–Kier alpha value is -2.60. The summed E-state index contributed by atoms with van der Waals surface area (Å²) < 4.78 is 18.3. The van der Waals surface area contributed by atoms with E-state index in [1.165, 1.54) is 12.1 Å². The molecule has 0 aromatic heterocycles. The van der Waals surface area contributed by atoms with Crippen LogP contribution in [0, 0.1) is 5.82 Å². The molecule has 0 saturated carbocycles. The first-order valence-electron chi connectivity index (χ1n) is 7.35. The van der Waals surface area contributed by atoms with Gasteiger partial charge in [0, 0.05) is 0 Å². The molecule has 0 aliphatic carbocycles. The molecule has 2 amide bonds. The molecular formula is C18H14FNO3S. The third-order valence-electron chi connectivity index (χ3n) is 3.37. The molecule has 0 N–H and O–H groups in total. The van der Waals surface area contributed by atoms with Crippen LogP contribution in [0.25, 0.3) is 6.08 Å². The van der Waals surface area contributed by atoms with Gasteiger partial charge >= 0.3 is 0 Å². The number of rotatable bonds is 4. The van der Waals surface area contributed by atoms with E-state index in [9.17, 15) is 14.0 Å². The van der Waals surface area contributed by atoms with Crippen molar-refractivity contribution < 1.29 is 18.7 Å². The van der Waals surface area contributed by atoms with Crippen LogP contribution in [0.2, 0.25) is 0 Å². The quantitative estimate of drug-likeness (QED) is 0.769. The molecule has 1 fully saturated rings. The molecule has 1 aliphatic heterocycles. The zero-order valence-electron chi connectivity index (χ0n) is 12.9. The topological polar surface area (TPSA) is 46.6 Å². The standard InChI is InChI=1S/C18H14FNO3S/c1-2-23-15-9-7-14(8-10-15)20-17(21)16(24-18(20)22)11-12-3-5-13(19)6-4-12/h3-11H,2H2,1H3/b16-11-. The molecule has 1 heterocycles. The zero-order chi connectivity index (χ0) is 17.1. The van der Waals surface area contributed by atoms with Gasteiger partial charge in [0.15, 0.2) is 0 Å². The lowest BCUT2D eigenvalue weighted by atomic mass is 10.2. The Morgan fingerprint density at radius 2 is 1.75 bits per heavy atom. The molecular weight excluding hydrogens is 329 g/mol. The summed E-state index contributed by atoms with van der Waals surface area (Å²) in [6, 6.07) is 12.5. The lowest BCUT2D eigenvalue weighted by molar-refractivity contribution is -0.113. The van der Waals surface area contributed by atoms with Crippen LogP contribution in [0.15, 0.2) is 53.4 Å². The highest BCUT2D eigenvalue weighted by Gasteiger charge is 2.36. The fourth-order valence-corrected chi connectivity index (χ4v) is 3.10. The number of benzene rings is 2. The lowest BCUT2D eigenvalue weighted by Crippen LogP contribution is -2.27. The van der Waals surface area contributed by atoms with E-state index in [2.05, 4.69) is 0 Å². The van der Waals surface area contributed by atoms with E-state index in [-0.39, 0.29) is 11.1 Å². The SMILES string of the molecule is CCOc1ccc(N2C(=O)S/C(=C\c3ccc(F)cc3)C2=O)cc1. The van der Waals surface area contributed by atoms with E-state index >= 15 is 0 Å². The molecule has 0 spiro atoms. The highest BCUT2D eigenvalue weighted by atomic mass is 32.2. The van der Waals surface area contributed by atoms with E-state index < -0.39 is 5.91 Å². The van der Waals surface area contributed by atoms with Crippen LogP contribution in [-0.4, -0.2) is 17.8 Å². The van der Waals surface area contributed by atoms with Crippen molar-refractivity contribution in [1.29, 1.82) is 0 Å². The third-order valence-corrected chi connectivity index (χ3v) is 4.24. The molecule has 0 atom stereocenters. The maximum absolute atomic E-state index is 12.9. The molecule has 3 rings (SSSR count). The monoisotopic (exact) mass is 343 g/mol. The minimum atomic E-state index is -0.390. The van der Waals surface area contributed by atoms with Gasteiger partial charge in [0.2, 0.25) is 0 Å². The predicted molar refractivity (Wildman–Crippen MR) is 92.5 cm³/mol. The van der Waals surface area contributed by atoms with Gasteiger partial charge in [-0.1, -0.05) is 12.1 Å². The number of nitrogens with zero attached hydrogens (tertiary/aromatic N) is 1. The number of carbonyl (C=O) groups is 2. The van der Waals surface area contributed by atoms with Crippen molar-refractivity contribution in [3.05, 3.63) is 64.8 Å². The second kappa shape index (κ2) is 6.88. The molecule has 2 aromatic rings. The van der Waals surface area contributed by atoms with Crippen LogP contribution in [0.5, 0.6) is 5.75 Å². The van der Waals surface area contributed by atoms with E-state index in [1.54, 1.807) is 42.5 Å². The summed E-state index contributed by atoms with van der Waals surface area (Å²) in [6.07, 6.45) is 1.58. The fourth-order valence-electron chi connectivity index (χ4n) is 2.26. The van der Waals surface area contributed by atoms with Gasteiger partial charge < -0.3 is 4.74 Å². The Morgan fingerprint density at radius 3 is 2.38 bits per heavy atom. The van der Waals surface area contributed by atoms with E-state index in [0.717, 1.165) is 16.7 Å². The summed E-state index contributed by atoms with van der Waals surface area (Å²) in [4.78, 5) is 26.1. The van der Waals surface area contributed by atoms with E-state index in [1.807, 2.05) is 6.92 Å². The molecule has 2 aromatic carbocycles. The van der Waals surface area contributed by atoms with Crippen LogP contribution >= 0.6 is 11.8 Å². The van der Waals surface area contributed by atoms with Crippen LogP contribution < -0.4 is 9.64 Å². The molecule has 0 radical (unpaired) electrons. The number of anilines is 1.